The number of rotatable bonds is 7. The molecule has 22 rings (SSSR count). The number of halogens is 1. The second-order valence-electron chi connectivity index (χ2n) is 29.6. The fourth-order valence-corrected chi connectivity index (χ4v) is 18.5. The molecule has 1 N–H and O–H groups in total. The highest BCUT2D eigenvalue weighted by Crippen LogP contribution is 2.64. The van der Waals surface area contributed by atoms with Crippen molar-refractivity contribution in [2.45, 2.75) is 217 Å². The van der Waals surface area contributed by atoms with Crippen LogP contribution in [-0.4, -0.2) is 13.1 Å². The molecule has 4 aliphatic rings. The minimum atomic E-state index is -0.180. The number of benzene rings is 18. The van der Waals surface area contributed by atoms with Crippen LogP contribution >= 0.6 is 15.9 Å². The van der Waals surface area contributed by atoms with Gasteiger partial charge in [-0.05, 0) is 215 Å². The van der Waals surface area contributed by atoms with E-state index in [1.165, 1.54) is 183 Å². The molecule has 2 spiro atoms. The van der Waals surface area contributed by atoms with Crippen molar-refractivity contribution >= 4 is 86.3 Å². The largest absolute Gasteiger partial charge is 0.367 e. The third-order valence-electron chi connectivity index (χ3n) is 22.6. The fourth-order valence-electron chi connectivity index (χ4n) is 18.1. The summed E-state index contributed by atoms with van der Waals surface area (Å²) in [5, 5.41) is 19.5. The van der Waals surface area contributed by atoms with Crippen LogP contribution in [0.4, 0.5) is 5.69 Å². The summed E-state index contributed by atoms with van der Waals surface area (Å²) in [6.07, 6.45) is 2.50. The van der Waals surface area contributed by atoms with E-state index in [1.54, 1.807) is 0 Å². The van der Waals surface area contributed by atoms with Gasteiger partial charge in [-0.15, -0.1) is 0 Å². The van der Waals surface area contributed by atoms with Crippen molar-refractivity contribution in [2.24, 2.45) is 0 Å². The molecule has 0 unspecified atom stereocenters. The van der Waals surface area contributed by atoms with Gasteiger partial charge in [0.05, 0.1) is 10.8 Å². The number of anilines is 1. The van der Waals surface area contributed by atoms with Gasteiger partial charge in [0.15, 0.2) is 0 Å². The van der Waals surface area contributed by atoms with Crippen LogP contribution in [0.2, 0.25) is 0 Å². The van der Waals surface area contributed by atoms with Crippen molar-refractivity contribution in [2.75, 3.05) is 18.0 Å². The maximum absolute atomic E-state index is 3.41. The molecule has 0 heterocycles. The Balaban J connectivity index is 0.000000246. The molecular formula is C130H155BrN2. The van der Waals surface area contributed by atoms with E-state index in [9.17, 15) is 0 Å². The van der Waals surface area contributed by atoms with Crippen LogP contribution in [0.1, 0.15) is 248 Å². The van der Waals surface area contributed by atoms with Crippen molar-refractivity contribution in [3.8, 4) is 44.5 Å². The topological polar surface area (TPSA) is 15.3 Å². The van der Waals surface area contributed by atoms with Crippen molar-refractivity contribution in [1.29, 1.82) is 0 Å². The van der Waals surface area contributed by atoms with Crippen LogP contribution in [0.25, 0.3) is 109 Å². The van der Waals surface area contributed by atoms with E-state index in [4.69, 9.17) is 0 Å². The second-order valence-corrected chi connectivity index (χ2v) is 30.6. The highest BCUT2D eigenvalue weighted by molar-refractivity contribution is 9.10. The van der Waals surface area contributed by atoms with Gasteiger partial charge in [-0.2, -0.15) is 0 Å². The van der Waals surface area contributed by atoms with Crippen LogP contribution < -0.4 is 10.2 Å². The molecule has 0 aromatic heterocycles. The maximum Gasteiger partial charge on any atom is 0.0725 e. The van der Waals surface area contributed by atoms with E-state index in [0.29, 0.717) is 0 Å². The van der Waals surface area contributed by atoms with Crippen molar-refractivity contribution < 1.29 is 0 Å². The molecule has 692 valence electrons. The first-order chi connectivity index (χ1) is 65.8. The number of nitrogens with zero attached hydrogens (tertiary/aromatic N) is 1. The summed E-state index contributed by atoms with van der Waals surface area (Å²) in [6, 6.07) is 141. The summed E-state index contributed by atoms with van der Waals surface area (Å²) >= 11 is 3.31. The average molecular weight is 1830 g/mol. The summed E-state index contributed by atoms with van der Waals surface area (Å²) in [4.78, 5) is 2.42. The first-order valence-corrected chi connectivity index (χ1v) is 51.2. The first-order valence-electron chi connectivity index (χ1n) is 50.4. The van der Waals surface area contributed by atoms with E-state index < -0.39 is 0 Å². The molecule has 3 heteroatoms. The quantitative estimate of drug-likeness (QED) is 0.160. The van der Waals surface area contributed by atoms with E-state index >= 15 is 0 Å². The molecule has 0 atom stereocenters. The lowest BCUT2D eigenvalue weighted by Crippen LogP contribution is -2.25. The molecule has 18 aromatic carbocycles. The van der Waals surface area contributed by atoms with Crippen molar-refractivity contribution in [1.82, 2.24) is 5.32 Å². The summed E-state index contributed by atoms with van der Waals surface area (Å²) in [5.41, 5.74) is 25.8. The molecule has 0 aliphatic heterocycles. The van der Waals surface area contributed by atoms with Gasteiger partial charge in [0.2, 0.25) is 0 Å². The molecule has 18 aromatic rings. The molecular weight excluding hydrogens is 1670 g/mol. The lowest BCUT2D eigenvalue weighted by molar-refractivity contribution is 0.727. The monoisotopic (exact) mass is 1820 g/mol. The molecule has 0 amide bonds. The standard InChI is InChI=1S/C27H23N.2C25H16.C21H19N.C6H5Br.2C3H8.10C2H6/c1-2-28(21-10-4-3-5-11-21)19-20-16-17-26-24-14-7-6-12-22(24)23-13-8-9-15-25(23)27(26)18-20;2*1-5-13-21-17(9-1)18-10-2-6-14-22(18)25(21)23-15-7-3-11-19(23)20-12-4-8-16-24(20)25;1-2-22-14-15-11-12-20-18-9-4-3-7-16(18)17-8-5-6-10-19(17)21(20)13-15;7-6-4-2-1-3-5-6;2*1-3-2;10*1-2/h3-18H,2,19H2,1H3;2*1-16H;3-13,22H,2,14H2,1H3;1-5H;2*3H2,1-2H3;10*1-2H3. The van der Waals surface area contributed by atoms with Gasteiger partial charge in [-0.1, -0.05) is 554 Å². The minimum Gasteiger partial charge on any atom is -0.367 e. The van der Waals surface area contributed by atoms with Crippen LogP contribution in [0.3, 0.4) is 0 Å². The third-order valence-corrected chi connectivity index (χ3v) is 23.1. The lowest BCUT2D eigenvalue weighted by atomic mass is 9.70. The fraction of sp³-hybridized carbons (Fsp3) is 0.262. The highest BCUT2D eigenvalue weighted by Gasteiger charge is 2.53. The number of fused-ring (bicyclic) bond motifs is 32. The van der Waals surface area contributed by atoms with Crippen LogP contribution in [0, 0.1) is 0 Å². The minimum absolute atomic E-state index is 0.180. The number of para-hydroxylation sites is 1. The lowest BCUT2D eigenvalue weighted by Gasteiger charge is -2.30. The molecule has 2 nitrogen and oxygen atoms in total. The summed E-state index contributed by atoms with van der Waals surface area (Å²) in [6.45, 7) is 56.7. The Labute approximate surface area is 813 Å². The maximum atomic E-state index is 3.41. The predicted molar refractivity (Wildman–Crippen MR) is 603 cm³/mol. The summed E-state index contributed by atoms with van der Waals surface area (Å²) in [7, 11) is 0. The third kappa shape index (κ3) is 23.9. The Kier molecular flexibility index (Phi) is 48.3. The molecule has 4 aliphatic carbocycles. The van der Waals surface area contributed by atoms with Gasteiger partial charge in [-0.25, -0.2) is 0 Å². The molecule has 0 radical (unpaired) electrons. The second kappa shape index (κ2) is 58.6. The normalized spacial score (nSPS) is 11.0. The summed E-state index contributed by atoms with van der Waals surface area (Å²) in [5.74, 6) is 0. The molecule has 0 fully saturated rings. The van der Waals surface area contributed by atoms with E-state index in [0.717, 1.165) is 30.7 Å². The molecule has 133 heavy (non-hydrogen) atoms. The zero-order valence-electron chi connectivity index (χ0n) is 85.5. The SMILES string of the molecule is Brc1ccccc1.CC.CC.CC.CC.CC.CC.CC.CC.CC.CC.CCC.CCC.CCN(Cc1ccc2c3ccccc3c3ccccc3c2c1)c1ccccc1.CCNCc1ccc2c3ccccc3c3ccccc3c2c1.c1ccc2c(c1)-c1ccccc1C21c2ccccc2-c2ccccc21.c1ccc2c(c1)-c1ccccc1C21c2ccccc2-c2ccccc21. The number of hydrogen-bond donors (Lipinski definition) is 1. The average Bonchev–Trinajstić information content (AvgIpc) is 1.51. The molecule has 0 saturated heterocycles. The Morgan fingerprint density at radius 3 is 0.617 bits per heavy atom. The number of hydrogen-bond acceptors (Lipinski definition) is 2. The van der Waals surface area contributed by atoms with Crippen molar-refractivity contribution in [3.05, 3.63) is 448 Å². The van der Waals surface area contributed by atoms with E-state index in [2.05, 4.69) is 426 Å². The van der Waals surface area contributed by atoms with Crippen LogP contribution in [0.5, 0.6) is 0 Å². The number of nitrogens with one attached hydrogen (secondary N) is 1. The van der Waals surface area contributed by atoms with Gasteiger partial charge < -0.3 is 10.2 Å². The Hall–Kier alpha value is -12.2. The molecule has 0 bridgehead atoms. The zero-order chi connectivity index (χ0) is 97.3. The van der Waals surface area contributed by atoms with Gasteiger partial charge in [0.25, 0.3) is 0 Å². The first kappa shape index (κ1) is 110. The smallest absolute Gasteiger partial charge is 0.0725 e. The van der Waals surface area contributed by atoms with E-state index in [1.807, 2.05) is 169 Å². The van der Waals surface area contributed by atoms with Crippen LogP contribution in [-0.2, 0) is 23.9 Å². The molecule has 0 saturated carbocycles. The summed E-state index contributed by atoms with van der Waals surface area (Å²) < 4.78 is 1.13. The van der Waals surface area contributed by atoms with Gasteiger partial charge in [0.1, 0.15) is 0 Å². The highest BCUT2D eigenvalue weighted by atomic mass is 79.9. The van der Waals surface area contributed by atoms with Crippen LogP contribution in [0.15, 0.2) is 393 Å². The Bertz CT molecular complexity index is 5780. The van der Waals surface area contributed by atoms with Crippen molar-refractivity contribution in [3.63, 3.8) is 0 Å². The predicted octanol–water partition coefficient (Wildman–Crippen LogP) is 40.0. The zero-order valence-corrected chi connectivity index (χ0v) is 87.1. The van der Waals surface area contributed by atoms with Gasteiger partial charge >= 0.3 is 0 Å². The van der Waals surface area contributed by atoms with E-state index in [-0.39, 0.29) is 10.8 Å². The van der Waals surface area contributed by atoms with Gasteiger partial charge in [-0.3, -0.25) is 0 Å². The Morgan fingerprint density at radius 1 is 0.211 bits per heavy atom. The van der Waals surface area contributed by atoms with Gasteiger partial charge in [0, 0.05) is 29.8 Å². The Morgan fingerprint density at radius 2 is 0.398 bits per heavy atom.